The van der Waals surface area contributed by atoms with E-state index in [4.69, 9.17) is 11.6 Å². The molecule has 1 aromatic rings. The minimum absolute atomic E-state index is 0.208. The SMILES string of the molecule is O=C(NCc1ccc(Cl)cc1)C1CCCCC1. The van der Waals surface area contributed by atoms with Crippen molar-refractivity contribution in [3.05, 3.63) is 34.9 Å². The van der Waals surface area contributed by atoms with Gasteiger partial charge in [-0.1, -0.05) is 43.0 Å². The standard InChI is InChI=1S/C14H18ClNO/c15-13-8-6-11(7-9-13)10-16-14(17)12-4-2-1-3-5-12/h6-9,12H,1-5,10H2,(H,16,17). The van der Waals surface area contributed by atoms with Crippen LogP contribution in [0.3, 0.4) is 0 Å². The minimum atomic E-state index is 0.208. The number of benzene rings is 1. The molecule has 0 aliphatic heterocycles. The normalized spacial score (nSPS) is 16.8. The van der Waals surface area contributed by atoms with Crippen molar-refractivity contribution < 1.29 is 4.79 Å². The Morgan fingerprint density at radius 2 is 1.82 bits per heavy atom. The number of hydrogen-bond acceptors (Lipinski definition) is 1. The van der Waals surface area contributed by atoms with E-state index in [9.17, 15) is 4.79 Å². The first kappa shape index (κ1) is 12.4. The molecule has 1 aliphatic carbocycles. The second-order valence-electron chi connectivity index (χ2n) is 4.68. The maximum atomic E-state index is 11.9. The van der Waals surface area contributed by atoms with Crippen LogP contribution in [0.1, 0.15) is 37.7 Å². The number of rotatable bonds is 3. The van der Waals surface area contributed by atoms with Gasteiger partial charge in [-0.15, -0.1) is 0 Å². The van der Waals surface area contributed by atoms with Crippen LogP contribution in [-0.4, -0.2) is 5.91 Å². The zero-order valence-electron chi connectivity index (χ0n) is 9.92. The van der Waals surface area contributed by atoms with Gasteiger partial charge in [-0.2, -0.15) is 0 Å². The lowest BCUT2D eigenvalue weighted by molar-refractivity contribution is -0.126. The molecule has 1 aliphatic rings. The summed E-state index contributed by atoms with van der Waals surface area (Å²) in [6.07, 6.45) is 5.76. The first-order valence-electron chi connectivity index (χ1n) is 6.28. The molecular formula is C14H18ClNO. The van der Waals surface area contributed by atoms with Crippen LogP contribution in [0.25, 0.3) is 0 Å². The number of carbonyl (C=O) groups is 1. The third kappa shape index (κ3) is 3.74. The highest BCUT2D eigenvalue weighted by molar-refractivity contribution is 6.30. The van der Waals surface area contributed by atoms with E-state index >= 15 is 0 Å². The summed E-state index contributed by atoms with van der Waals surface area (Å²) in [5.74, 6) is 0.440. The molecular weight excluding hydrogens is 234 g/mol. The Morgan fingerprint density at radius 3 is 2.47 bits per heavy atom. The molecule has 3 heteroatoms. The topological polar surface area (TPSA) is 29.1 Å². The summed E-state index contributed by atoms with van der Waals surface area (Å²) in [5, 5.41) is 3.74. The molecule has 1 aromatic carbocycles. The van der Waals surface area contributed by atoms with E-state index in [-0.39, 0.29) is 11.8 Å². The van der Waals surface area contributed by atoms with E-state index < -0.39 is 0 Å². The molecule has 1 amide bonds. The van der Waals surface area contributed by atoms with Crippen molar-refractivity contribution in [2.75, 3.05) is 0 Å². The summed E-state index contributed by atoms with van der Waals surface area (Å²) < 4.78 is 0. The van der Waals surface area contributed by atoms with Crippen LogP contribution in [0.2, 0.25) is 5.02 Å². The Balaban J connectivity index is 1.81. The number of amides is 1. The Bertz CT molecular complexity index is 368. The van der Waals surface area contributed by atoms with Crippen LogP contribution >= 0.6 is 11.6 Å². The molecule has 1 saturated carbocycles. The Labute approximate surface area is 107 Å². The van der Waals surface area contributed by atoms with Gasteiger partial charge in [0.05, 0.1) is 0 Å². The second-order valence-corrected chi connectivity index (χ2v) is 5.12. The first-order chi connectivity index (χ1) is 8.25. The highest BCUT2D eigenvalue weighted by Gasteiger charge is 2.20. The van der Waals surface area contributed by atoms with Gasteiger partial charge >= 0.3 is 0 Å². The number of carbonyl (C=O) groups excluding carboxylic acids is 1. The zero-order chi connectivity index (χ0) is 12.1. The Kier molecular flexibility index (Phi) is 4.43. The fraction of sp³-hybridized carbons (Fsp3) is 0.500. The molecule has 0 saturated heterocycles. The van der Waals surface area contributed by atoms with Crippen molar-refractivity contribution in [2.45, 2.75) is 38.6 Å². The maximum absolute atomic E-state index is 11.9. The predicted octanol–water partition coefficient (Wildman–Crippen LogP) is 3.54. The van der Waals surface area contributed by atoms with Gasteiger partial charge in [-0.25, -0.2) is 0 Å². The number of halogens is 1. The molecule has 0 spiro atoms. The van der Waals surface area contributed by atoms with Crippen molar-refractivity contribution >= 4 is 17.5 Å². The van der Waals surface area contributed by atoms with Crippen LogP contribution < -0.4 is 5.32 Å². The third-order valence-electron chi connectivity index (χ3n) is 3.36. The lowest BCUT2D eigenvalue weighted by Crippen LogP contribution is -2.31. The van der Waals surface area contributed by atoms with Crippen molar-refractivity contribution in [3.8, 4) is 0 Å². The molecule has 0 heterocycles. The molecule has 0 atom stereocenters. The number of nitrogens with one attached hydrogen (secondary N) is 1. The quantitative estimate of drug-likeness (QED) is 0.875. The van der Waals surface area contributed by atoms with Crippen LogP contribution in [0.4, 0.5) is 0 Å². The molecule has 0 aromatic heterocycles. The molecule has 2 rings (SSSR count). The molecule has 17 heavy (non-hydrogen) atoms. The third-order valence-corrected chi connectivity index (χ3v) is 3.61. The van der Waals surface area contributed by atoms with Crippen molar-refractivity contribution in [2.24, 2.45) is 5.92 Å². The molecule has 1 fully saturated rings. The summed E-state index contributed by atoms with van der Waals surface area (Å²) in [6, 6.07) is 7.60. The van der Waals surface area contributed by atoms with E-state index in [1.54, 1.807) is 0 Å². The highest BCUT2D eigenvalue weighted by atomic mass is 35.5. The monoisotopic (exact) mass is 251 g/mol. The fourth-order valence-corrected chi connectivity index (χ4v) is 2.43. The molecule has 0 radical (unpaired) electrons. The van der Waals surface area contributed by atoms with Crippen LogP contribution in [0, 0.1) is 5.92 Å². The van der Waals surface area contributed by atoms with Gasteiger partial charge in [0.2, 0.25) is 5.91 Å². The summed E-state index contributed by atoms with van der Waals surface area (Å²) in [6.45, 7) is 0.604. The molecule has 0 unspecified atom stereocenters. The summed E-state index contributed by atoms with van der Waals surface area (Å²) in [7, 11) is 0. The van der Waals surface area contributed by atoms with E-state index in [0.29, 0.717) is 6.54 Å². The number of hydrogen-bond donors (Lipinski definition) is 1. The van der Waals surface area contributed by atoms with E-state index in [2.05, 4.69) is 5.32 Å². The summed E-state index contributed by atoms with van der Waals surface area (Å²) in [5.41, 5.74) is 1.10. The Hall–Kier alpha value is -1.02. The van der Waals surface area contributed by atoms with Crippen molar-refractivity contribution in [3.63, 3.8) is 0 Å². The first-order valence-corrected chi connectivity index (χ1v) is 6.65. The van der Waals surface area contributed by atoms with Crippen LogP contribution in [0.15, 0.2) is 24.3 Å². The van der Waals surface area contributed by atoms with Gasteiger partial charge in [0.1, 0.15) is 0 Å². The van der Waals surface area contributed by atoms with Gasteiger partial charge in [-0.05, 0) is 30.5 Å². The van der Waals surface area contributed by atoms with Crippen molar-refractivity contribution in [1.82, 2.24) is 5.32 Å². The fourth-order valence-electron chi connectivity index (χ4n) is 2.30. The molecule has 1 N–H and O–H groups in total. The van der Waals surface area contributed by atoms with Gasteiger partial charge in [0.15, 0.2) is 0 Å². The van der Waals surface area contributed by atoms with Gasteiger partial charge in [0.25, 0.3) is 0 Å². The van der Waals surface area contributed by atoms with Gasteiger partial charge in [-0.3, -0.25) is 4.79 Å². The van der Waals surface area contributed by atoms with Gasteiger partial charge in [0, 0.05) is 17.5 Å². The molecule has 92 valence electrons. The zero-order valence-corrected chi connectivity index (χ0v) is 10.7. The summed E-state index contributed by atoms with van der Waals surface area (Å²) >= 11 is 5.81. The average molecular weight is 252 g/mol. The molecule has 0 bridgehead atoms. The Morgan fingerprint density at radius 1 is 1.18 bits per heavy atom. The van der Waals surface area contributed by atoms with E-state index in [1.165, 1.54) is 19.3 Å². The van der Waals surface area contributed by atoms with Gasteiger partial charge < -0.3 is 5.32 Å². The largest absolute Gasteiger partial charge is 0.352 e. The predicted molar refractivity (Wildman–Crippen MR) is 69.9 cm³/mol. The lowest BCUT2D eigenvalue weighted by Gasteiger charge is -2.20. The van der Waals surface area contributed by atoms with E-state index in [1.807, 2.05) is 24.3 Å². The van der Waals surface area contributed by atoms with Crippen LogP contribution in [-0.2, 0) is 11.3 Å². The lowest BCUT2D eigenvalue weighted by atomic mass is 9.88. The summed E-state index contributed by atoms with van der Waals surface area (Å²) in [4.78, 5) is 11.9. The maximum Gasteiger partial charge on any atom is 0.223 e. The second kappa shape index (κ2) is 6.06. The smallest absolute Gasteiger partial charge is 0.223 e. The van der Waals surface area contributed by atoms with Crippen molar-refractivity contribution in [1.29, 1.82) is 0 Å². The molecule has 2 nitrogen and oxygen atoms in total. The average Bonchev–Trinajstić information content (AvgIpc) is 2.39. The van der Waals surface area contributed by atoms with E-state index in [0.717, 1.165) is 23.4 Å². The highest BCUT2D eigenvalue weighted by Crippen LogP contribution is 2.23. The minimum Gasteiger partial charge on any atom is -0.352 e. The van der Waals surface area contributed by atoms with Crippen LogP contribution in [0.5, 0.6) is 0 Å².